The second-order valence-corrected chi connectivity index (χ2v) is 7.17. The third-order valence-corrected chi connectivity index (χ3v) is 5.29. The molecule has 5 nitrogen and oxygen atoms in total. The first-order valence-corrected chi connectivity index (χ1v) is 9.33. The minimum Gasteiger partial charge on any atom is -0.611 e. The van der Waals surface area contributed by atoms with Crippen molar-refractivity contribution in [1.82, 2.24) is 0 Å². The van der Waals surface area contributed by atoms with Crippen LogP contribution >= 0.6 is 0 Å². The Hall–Kier alpha value is -2.31. The molecule has 132 valence electrons. The highest BCUT2D eigenvalue weighted by Crippen LogP contribution is 2.22. The van der Waals surface area contributed by atoms with Crippen LogP contribution in [0, 0.1) is 5.41 Å². The Labute approximate surface area is 150 Å². The standard InChI is InChI=1S/C19H22N2O3S/c1-24-18(22)4-2-3-13-25(23)17-11-9-15(10-12-17)14-5-7-16(8-6-14)19(20)21/h5-12H,2-4,13H2,1H3,(H3,20,21). The SMILES string of the molecule is COC(=O)CCCC[S+]([O-])c1ccc(-c2ccc(C(=N)N)cc2)cc1. The van der Waals surface area contributed by atoms with Crippen LogP contribution in [0.3, 0.4) is 0 Å². The fraction of sp³-hybridized carbons (Fsp3) is 0.263. The van der Waals surface area contributed by atoms with Crippen LogP contribution in [0.2, 0.25) is 0 Å². The molecule has 0 saturated carbocycles. The fourth-order valence-corrected chi connectivity index (χ4v) is 3.51. The van der Waals surface area contributed by atoms with Crippen LogP contribution in [0.5, 0.6) is 0 Å². The lowest BCUT2D eigenvalue weighted by molar-refractivity contribution is -0.140. The number of amidine groups is 1. The minimum absolute atomic E-state index is 0.0458. The van der Waals surface area contributed by atoms with Crippen molar-refractivity contribution in [3.05, 3.63) is 54.1 Å². The minimum atomic E-state index is -1.07. The molecule has 25 heavy (non-hydrogen) atoms. The Morgan fingerprint density at radius 2 is 1.64 bits per heavy atom. The number of nitrogens with one attached hydrogen (secondary N) is 1. The number of carbonyl (C=O) groups excluding carboxylic acids is 1. The maximum absolute atomic E-state index is 12.3. The molecule has 0 heterocycles. The Kier molecular flexibility index (Phi) is 7.03. The van der Waals surface area contributed by atoms with Gasteiger partial charge in [0, 0.05) is 12.0 Å². The van der Waals surface area contributed by atoms with Crippen molar-refractivity contribution in [3.8, 4) is 11.1 Å². The second-order valence-electron chi connectivity index (χ2n) is 5.60. The summed E-state index contributed by atoms with van der Waals surface area (Å²) in [5.41, 5.74) is 8.17. The topological polar surface area (TPSA) is 99.2 Å². The summed E-state index contributed by atoms with van der Waals surface area (Å²) in [6.07, 6.45) is 1.76. The third kappa shape index (κ3) is 5.62. The zero-order valence-electron chi connectivity index (χ0n) is 14.2. The van der Waals surface area contributed by atoms with Gasteiger partial charge in [-0.2, -0.15) is 0 Å². The monoisotopic (exact) mass is 358 g/mol. The first-order chi connectivity index (χ1) is 12.0. The van der Waals surface area contributed by atoms with Crippen molar-refractivity contribution in [2.24, 2.45) is 5.73 Å². The van der Waals surface area contributed by atoms with Crippen LogP contribution in [-0.4, -0.2) is 29.2 Å². The van der Waals surface area contributed by atoms with Gasteiger partial charge >= 0.3 is 5.97 Å². The number of hydrogen-bond acceptors (Lipinski definition) is 4. The number of hydrogen-bond donors (Lipinski definition) is 2. The lowest BCUT2D eigenvalue weighted by Gasteiger charge is -2.11. The molecule has 0 aliphatic heterocycles. The number of esters is 1. The van der Waals surface area contributed by atoms with Crippen LogP contribution in [0.4, 0.5) is 0 Å². The Bertz CT molecular complexity index is 714. The molecular weight excluding hydrogens is 336 g/mol. The van der Waals surface area contributed by atoms with Crippen LogP contribution in [0.15, 0.2) is 53.4 Å². The maximum Gasteiger partial charge on any atom is 0.305 e. The molecule has 0 saturated heterocycles. The van der Waals surface area contributed by atoms with E-state index in [-0.39, 0.29) is 11.8 Å². The van der Waals surface area contributed by atoms with Gasteiger partial charge in [-0.25, -0.2) is 0 Å². The van der Waals surface area contributed by atoms with Gasteiger partial charge in [-0.1, -0.05) is 24.3 Å². The predicted octanol–water partition coefficient (Wildman–Crippen LogP) is 3.09. The van der Waals surface area contributed by atoms with Crippen molar-refractivity contribution in [2.75, 3.05) is 12.9 Å². The number of nitrogens with two attached hydrogens (primary N) is 1. The van der Waals surface area contributed by atoms with E-state index in [0.29, 0.717) is 24.2 Å². The first-order valence-electron chi connectivity index (χ1n) is 8.01. The van der Waals surface area contributed by atoms with Crippen molar-refractivity contribution < 1.29 is 14.1 Å². The summed E-state index contributed by atoms with van der Waals surface area (Å²) in [5, 5.41) is 7.41. The van der Waals surface area contributed by atoms with E-state index in [1.54, 1.807) is 0 Å². The molecule has 1 atom stereocenters. The fourth-order valence-electron chi connectivity index (χ4n) is 2.36. The van der Waals surface area contributed by atoms with Gasteiger partial charge in [-0.3, -0.25) is 10.2 Å². The van der Waals surface area contributed by atoms with Gasteiger partial charge in [0.05, 0.1) is 7.11 Å². The largest absolute Gasteiger partial charge is 0.611 e. The van der Waals surface area contributed by atoms with Crippen LogP contribution in [0.25, 0.3) is 11.1 Å². The molecule has 2 aromatic rings. The molecule has 2 rings (SSSR count). The molecule has 0 radical (unpaired) electrons. The number of carbonyl (C=O) groups is 1. The normalized spacial score (nSPS) is 11.8. The molecule has 3 N–H and O–H groups in total. The average Bonchev–Trinajstić information content (AvgIpc) is 2.65. The average molecular weight is 358 g/mol. The summed E-state index contributed by atoms with van der Waals surface area (Å²) >= 11 is -1.07. The van der Waals surface area contributed by atoms with E-state index in [0.717, 1.165) is 22.4 Å². The zero-order valence-corrected chi connectivity index (χ0v) is 15.0. The van der Waals surface area contributed by atoms with E-state index in [2.05, 4.69) is 4.74 Å². The van der Waals surface area contributed by atoms with E-state index >= 15 is 0 Å². The van der Waals surface area contributed by atoms with Gasteiger partial charge in [0.15, 0.2) is 4.90 Å². The summed E-state index contributed by atoms with van der Waals surface area (Å²) in [6, 6.07) is 15.0. The van der Waals surface area contributed by atoms with Crippen LogP contribution in [-0.2, 0) is 20.7 Å². The lowest BCUT2D eigenvalue weighted by Crippen LogP contribution is -2.10. The van der Waals surface area contributed by atoms with Crippen molar-refractivity contribution in [3.63, 3.8) is 0 Å². The first kappa shape index (κ1) is 19.0. The van der Waals surface area contributed by atoms with E-state index in [1.165, 1.54) is 7.11 Å². The second kappa shape index (κ2) is 9.25. The highest BCUT2D eigenvalue weighted by atomic mass is 32.2. The Morgan fingerprint density at radius 1 is 1.08 bits per heavy atom. The predicted molar refractivity (Wildman–Crippen MR) is 100 cm³/mol. The number of methoxy groups -OCH3 is 1. The Morgan fingerprint density at radius 3 is 2.16 bits per heavy atom. The van der Waals surface area contributed by atoms with Gasteiger partial charge < -0.3 is 15.0 Å². The van der Waals surface area contributed by atoms with Gasteiger partial charge in [0.25, 0.3) is 0 Å². The molecule has 0 aromatic heterocycles. The number of unbranched alkanes of at least 4 members (excludes halogenated alkanes) is 1. The van der Waals surface area contributed by atoms with E-state index in [4.69, 9.17) is 11.1 Å². The number of benzene rings is 2. The van der Waals surface area contributed by atoms with E-state index in [1.807, 2.05) is 48.5 Å². The van der Waals surface area contributed by atoms with Gasteiger partial charge in [-0.15, -0.1) is 0 Å². The Balaban J connectivity index is 1.92. The van der Waals surface area contributed by atoms with Gasteiger partial charge in [-0.05, 0) is 59.4 Å². The summed E-state index contributed by atoms with van der Waals surface area (Å²) in [4.78, 5) is 11.8. The van der Waals surface area contributed by atoms with Crippen molar-refractivity contribution in [2.45, 2.75) is 24.2 Å². The molecule has 6 heteroatoms. The summed E-state index contributed by atoms with van der Waals surface area (Å²) in [6.45, 7) is 0. The number of rotatable bonds is 8. The quantitative estimate of drug-likeness (QED) is 0.249. The summed E-state index contributed by atoms with van der Waals surface area (Å²) in [5.74, 6) is 0.347. The summed E-state index contributed by atoms with van der Waals surface area (Å²) in [7, 11) is 1.37. The smallest absolute Gasteiger partial charge is 0.305 e. The maximum atomic E-state index is 12.3. The molecule has 0 fully saturated rings. The highest BCUT2D eigenvalue weighted by Gasteiger charge is 2.11. The van der Waals surface area contributed by atoms with Crippen LogP contribution in [0.1, 0.15) is 24.8 Å². The third-order valence-electron chi connectivity index (χ3n) is 3.83. The number of ether oxygens (including phenoxy) is 1. The molecule has 0 aliphatic carbocycles. The molecule has 0 spiro atoms. The lowest BCUT2D eigenvalue weighted by atomic mass is 10.0. The number of nitrogen functional groups attached to an aromatic ring is 1. The van der Waals surface area contributed by atoms with Gasteiger partial charge in [0.2, 0.25) is 0 Å². The molecule has 0 bridgehead atoms. The summed E-state index contributed by atoms with van der Waals surface area (Å²) < 4.78 is 16.9. The molecule has 1 unspecified atom stereocenters. The zero-order chi connectivity index (χ0) is 18.2. The van der Waals surface area contributed by atoms with Crippen molar-refractivity contribution in [1.29, 1.82) is 5.41 Å². The van der Waals surface area contributed by atoms with Gasteiger partial charge in [0.1, 0.15) is 11.6 Å². The molecular formula is C19H22N2O3S. The van der Waals surface area contributed by atoms with E-state index < -0.39 is 11.2 Å². The van der Waals surface area contributed by atoms with Crippen LogP contribution < -0.4 is 5.73 Å². The van der Waals surface area contributed by atoms with Crippen molar-refractivity contribution >= 4 is 23.0 Å². The molecule has 0 aliphatic rings. The highest BCUT2D eigenvalue weighted by molar-refractivity contribution is 7.91. The van der Waals surface area contributed by atoms with E-state index in [9.17, 15) is 9.35 Å². The molecule has 0 amide bonds. The molecule has 2 aromatic carbocycles.